The first-order valence-corrected chi connectivity index (χ1v) is 13.3. The van der Waals surface area contributed by atoms with Gasteiger partial charge in [0.25, 0.3) is 0 Å². The third-order valence-corrected chi connectivity index (χ3v) is 9.70. The molecule has 0 saturated heterocycles. The Balaban J connectivity index is 1.18. The minimum absolute atomic E-state index is 0.124. The van der Waals surface area contributed by atoms with Crippen molar-refractivity contribution in [2.24, 2.45) is 17.8 Å². The smallest absolute Gasteiger partial charge is 0.242 e. The highest BCUT2D eigenvalue weighted by Gasteiger charge is 2.63. The maximum Gasteiger partial charge on any atom is 0.242 e. The first-order valence-electron chi connectivity index (χ1n) is 11.5. The number of nitrogens with zero attached hydrogens (tertiary/aromatic N) is 2. The summed E-state index contributed by atoms with van der Waals surface area (Å²) in [4.78, 5) is 8.75. The third-order valence-electron chi connectivity index (χ3n) is 7.93. The molecular formula is C25H25ClN4O3S. The monoisotopic (exact) mass is 496 g/mol. The molecule has 2 N–H and O–H groups in total. The predicted molar refractivity (Wildman–Crippen MR) is 130 cm³/mol. The van der Waals surface area contributed by atoms with E-state index >= 15 is 0 Å². The number of sulfonamides is 1. The van der Waals surface area contributed by atoms with Crippen LogP contribution < -0.4 is 14.8 Å². The van der Waals surface area contributed by atoms with Crippen molar-refractivity contribution in [2.45, 2.75) is 36.0 Å². The number of halogens is 1. The summed E-state index contributed by atoms with van der Waals surface area (Å²) in [6, 6.07) is 12.8. The summed E-state index contributed by atoms with van der Waals surface area (Å²) in [6.45, 7) is 0. The number of aromatic nitrogens is 2. The van der Waals surface area contributed by atoms with Gasteiger partial charge < -0.3 is 10.1 Å². The lowest BCUT2D eigenvalue weighted by Crippen LogP contribution is -2.24. The molecule has 0 radical (unpaired) electrons. The highest BCUT2D eigenvalue weighted by atomic mass is 35.5. The van der Waals surface area contributed by atoms with Crippen LogP contribution in [0.25, 0.3) is 0 Å². The molecule has 4 aliphatic rings. The highest BCUT2D eigenvalue weighted by molar-refractivity contribution is 7.89. The third kappa shape index (κ3) is 3.47. The number of ether oxygens (including phenoxy) is 1. The van der Waals surface area contributed by atoms with E-state index in [-0.39, 0.29) is 4.90 Å². The molecule has 0 aliphatic heterocycles. The lowest BCUT2D eigenvalue weighted by atomic mass is 9.75. The Morgan fingerprint density at radius 1 is 1.06 bits per heavy atom. The lowest BCUT2D eigenvalue weighted by molar-refractivity contribution is 0.370. The first kappa shape index (κ1) is 21.8. The zero-order valence-corrected chi connectivity index (χ0v) is 20.2. The largest absolute Gasteiger partial charge is 0.436 e. The van der Waals surface area contributed by atoms with E-state index in [1.807, 2.05) is 6.07 Å². The number of hydrogen-bond donors (Lipinski definition) is 2. The molecule has 0 amide bonds. The fourth-order valence-corrected chi connectivity index (χ4v) is 7.58. The van der Waals surface area contributed by atoms with Crippen molar-refractivity contribution in [3.63, 3.8) is 0 Å². The van der Waals surface area contributed by atoms with Crippen LogP contribution in [0.2, 0.25) is 5.02 Å². The molecule has 2 atom stereocenters. The van der Waals surface area contributed by atoms with E-state index in [4.69, 9.17) is 16.3 Å². The van der Waals surface area contributed by atoms with Gasteiger partial charge in [-0.25, -0.2) is 23.1 Å². The summed E-state index contributed by atoms with van der Waals surface area (Å²) >= 11 is 6.62. The summed E-state index contributed by atoms with van der Waals surface area (Å²) in [5, 5.41) is 3.58. The van der Waals surface area contributed by atoms with Gasteiger partial charge in [0.1, 0.15) is 16.5 Å². The summed E-state index contributed by atoms with van der Waals surface area (Å²) in [5.41, 5.74) is 2.07. The van der Waals surface area contributed by atoms with Crippen molar-refractivity contribution in [1.82, 2.24) is 14.7 Å². The average molecular weight is 497 g/mol. The minimum atomic E-state index is -3.62. The molecule has 2 unspecified atom stereocenters. The number of benzene rings is 2. The topological polar surface area (TPSA) is 93.2 Å². The van der Waals surface area contributed by atoms with E-state index in [0.717, 1.165) is 17.8 Å². The van der Waals surface area contributed by atoms with Crippen LogP contribution in [0.15, 0.2) is 59.8 Å². The average Bonchev–Trinajstić information content (AvgIpc) is 3.58. The van der Waals surface area contributed by atoms with E-state index in [9.17, 15) is 8.42 Å². The Morgan fingerprint density at radius 3 is 2.44 bits per heavy atom. The molecule has 1 aromatic heterocycles. The molecule has 4 fully saturated rings. The molecule has 1 heterocycles. The van der Waals surface area contributed by atoms with Gasteiger partial charge in [0.05, 0.1) is 23.1 Å². The standard InChI is InChI=1S/C25H25ClN4O3S/c1-27-34(31,32)22-5-3-2-4-20(22)30-23-13-29-24(14-28-23)33-21-7-6-17(10-19(21)26)25-11-15-8-18(25)9-16(15)12-25/h2-7,10,13-16,18,27H,8-9,11-12H2,1H3,(H,28,30). The Bertz CT molecular complexity index is 1350. The number of para-hydroxylation sites is 1. The van der Waals surface area contributed by atoms with E-state index < -0.39 is 10.0 Å². The molecule has 0 spiro atoms. The second kappa shape index (κ2) is 7.93. The number of anilines is 2. The number of nitrogens with one attached hydrogen (secondary N) is 2. The van der Waals surface area contributed by atoms with Crippen LogP contribution in [0.4, 0.5) is 11.5 Å². The second-order valence-electron chi connectivity index (χ2n) is 9.57. The van der Waals surface area contributed by atoms with Gasteiger partial charge in [-0.05, 0) is 85.7 Å². The number of hydrogen-bond acceptors (Lipinski definition) is 6. The first-order chi connectivity index (χ1) is 16.4. The van der Waals surface area contributed by atoms with Crippen molar-refractivity contribution in [2.75, 3.05) is 12.4 Å². The van der Waals surface area contributed by atoms with Gasteiger partial charge in [-0.1, -0.05) is 29.8 Å². The molecule has 4 aliphatic carbocycles. The molecule has 2 aromatic carbocycles. The van der Waals surface area contributed by atoms with Crippen LogP contribution in [-0.2, 0) is 15.4 Å². The molecule has 34 heavy (non-hydrogen) atoms. The molecule has 4 saturated carbocycles. The van der Waals surface area contributed by atoms with Crippen LogP contribution >= 0.6 is 11.6 Å². The normalized spacial score (nSPS) is 26.8. The van der Waals surface area contributed by atoms with E-state index in [2.05, 4.69) is 32.1 Å². The van der Waals surface area contributed by atoms with Gasteiger partial charge in [-0.15, -0.1) is 0 Å². The zero-order chi connectivity index (χ0) is 23.5. The summed E-state index contributed by atoms with van der Waals surface area (Å²) in [5.74, 6) is 3.87. The molecule has 176 valence electrons. The summed E-state index contributed by atoms with van der Waals surface area (Å²) in [7, 11) is -2.25. The quantitative estimate of drug-likeness (QED) is 0.463. The van der Waals surface area contributed by atoms with E-state index in [1.54, 1.807) is 18.2 Å². The van der Waals surface area contributed by atoms with Crippen molar-refractivity contribution >= 4 is 33.1 Å². The Morgan fingerprint density at radius 2 is 1.82 bits per heavy atom. The minimum Gasteiger partial charge on any atom is -0.436 e. The fourth-order valence-electron chi connectivity index (χ4n) is 6.48. The number of rotatable bonds is 7. The molecular weight excluding hydrogens is 472 g/mol. The molecule has 7 rings (SSSR count). The second-order valence-corrected chi connectivity index (χ2v) is 11.8. The maximum absolute atomic E-state index is 12.3. The van der Waals surface area contributed by atoms with Crippen molar-refractivity contribution in [3.05, 3.63) is 65.4 Å². The Hall–Kier alpha value is -2.68. The van der Waals surface area contributed by atoms with Crippen LogP contribution in [0.1, 0.15) is 31.2 Å². The van der Waals surface area contributed by atoms with E-state index in [1.165, 1.54) is 56.8 Å². The fraction of sp³-hybridized carbons (Fsp3) is 0.360. The Kier molecular flexibility index (Phi) is 5.09. The van der Waals surface area contributed by atoms with Gasteiger partial charge >= 0.3 is 0 Å². The lowest BCUT2D eigenvalue weighted by Gasteiger charge is -2.30. The Labute approximate surface area is 204 Å². The van der Waals surface area contributed by atoms with Gasteiger partial charge in [0.15, 0.2) is 0 Å². The SMILES string of the molecule is CNS(=O)(=O)c1ccccc1Nc1cnc(Oc2ccc(C34CC5CC3CC5C4)cc2Cl)cn1. The van der Waals surface area contributed by atoms with Crippen LogP contribution in [0, 0.1) is 17.8 Å². The molecule has 9 heteroatoms. The van der Waals surface area contributed by atoms with Gasteiger partial charge in [0, 0.05) is 0 Å². The summed E-state index contributed by atoms with van der Waals surface area (Å²) in [6.07, 6.45) is 8.33. The van der Waals surface area contributed by atoms with Crippen molar-refractivity contribution < 1.29 is 13.2 Å². The highest BCUT2D eigenvalue weighted by Crippen LogP contribution is 2.70. The van der Waals surface area contributed by atoms with Crippen molar-refractivity contribution in [3.8, 4) is 11.6 Å². The summed E-state index contributed by atoms with van der Waals surface area (Å²) < 4.78 is 32.7. The van der Waals surface area contributed by atoms with Crippen LogP contribution in [-0.4, -0.2) is 25.4 Å². The molecule has 3 aromatic rings. The molecule has 4 bridgehead atoms. The van der Waals surface area contributed by atoms with Gasteiger partial charge in [-0.3, -0.25) is 0 Å². The van der Waals surface area contributed by atoms with Crippen molar-refractivity contribution in [1.29, 1.82) is 0 Å². The zero-order valence-electron chi connectivity index (χ0n) is 18.7. The van der Waals surface area contributed by atoms with Crippen LogP contribution in [0.5, 0.6) is 11.6 Å². The predicted octanol–water partition coefficient (Wildman–Crippen LogP) is 5.26. The molecule has 7 nitrogen and oxygen atoms in total. The maximum atomic E-state index is 12.3. The van der Waals surface area contributed by atoms with E-state index in [0.29, 0.717) is 33.6 Å². The van der Waals surface area contributed by atoms with Gasteiger partial charge in [0.2, 0.25) is 15.9 Å². The van der Waals surface area contributed by atoms with Crippen LogP contribution in [0.3, 0.4) is 0 Å². The van der Waals surface area contributed by atoms with Gasteiger partial charge in [-0.2, -0.15) is 0 Å².